The van der Waals surface area contributed by atoms with Crippen molar-refractivity contribution >= 4 is 23.9 Å². The molecule has 2 fully saturated rings. The summed E-state index contributed by atoms with van der Waals surface area (Å²) in [4.78, 5) is 45.8. The molecule has 12 heteroatoms. The summed E-state index contributed by atoms with van der Waals surface area (Å²) < 4.78 is 30.8. The topological polar surface area (TPSA) is 164 Å². The summed E-state index contributed by atoms with van der Waals surface area (Å²) in [7, 11) is 1.45. The van der Waals surface area contributed by atoms with Crippen molar-refractivity contribution in [1.29, 1.82) is 0 Å². The fourth-order valence-electron chi connectivity index (χ4n) is 5.05. The van der Waals surface area contributed by atoms with Crippen molar-refractivity contribution in [2.24, 2.45) is 34.0 Å². The maximum Gasteiger partial charge on any atom is 0.316 e. The number of benzene rings is 1. The molecular weight excluding hydrogens is 696 g/mol. The second kappa shape index (κ2) is 26.6. The molecule has 12 nitrogen and oxygen atoms in total. The molecular formula is C42H72O12. The van der Waals surface area contributed by atoms with Gasteiger partial charge in [-0.2, -0.15) is 0 Å². The van der Waals surface area contributed by atoms with Gasteiger partial charge in [-0.1, -0.05) is 55.4 Å². The number of aromatic hydroxyl groups is 1. The molecule has 0 aliphatic carbocycles. The third-order valence-corrected chi connectivity index (χ3v) is 10.6. The van der Waals surface area contributed by atoms with Crippen LogP contribution in [0.2, 0.25) is 0 Å². The largest absolute Gasteiger partial charge is 0.508 e. The quantitative estimate of drug-likeness (QED) is 0.0688. The lowest BCUT2D eigenvalue weighted by molar-refractivity contribution is -0.173. The number of phenolic OH excluding ortho intramolecular Hbond substituents is 1. The highest BCUT2D eigenvalue weighted by molar-refractivity contribution is 5.78. The van der Waals surface area contributed by atoms with Gasteiger partial charge in [0, 0.05) is 12.5 Å². The monoisotopic (exact) mass is 769 g/mol. The molecule has 2 saturated heterocycles. The number of phenols is 1. The number of aliphatic hydroxyl groups excluding tert-OH is 1. The summed E-state index contributed by atoms with van der Waals surface area (Å²) in [5.74, 6) is 0.385. The van der Waals surface area contributed by atoms with Gasteiger partial charge in [0.15, 0.2) is 0 Å². The number of aliphatic hydroxyl groups is 1. The zero-order valence-electron chi connectivity index (χ0n) is 35.1. The molecule has 3 rings (SSSR count). The Morgan fingerprint density at radius 2 is 1.43 bits per heavy atom. The van der Waals surface area contributed by atoms with Gasteiger partial charge in [-0.05, 0) is 89.5 Å². The number of carbonyl (C=O) groups excluding carboxylic acids is 4. The second-order valence-electron chi connectivity index (χ2n) is 14.9. The molecule has 4 unspecified atom stereocenters. The molecule has 2 N–H and O–H groups in total. The SMILES string of the molecule is CCC(C)(C)C(=O)Oc1ccc(O)cc1.CCC(C)C(=O)OCC1(CC)COC1.CCC(C)C(=O)OCCCCO.CCC1COCC1(CC)C(=O)OC. The molecule has 312 valence electrons. The minimum absolute atomic E-state index is 0.000809. The summed E-state index contributed by atoms with van der Waals surface area (Å²) in [6.45, 7) is 23.4. The Balaban J connectivity index is 0.000000696. The Kier molecular flexibility index (Phi) is 25.0. The van der Waals surface area contributed by atoms with Crippen LogP contribution in [0.5, 0.6) is 11.5 Å². The van der Waals surface area contributed by atoms with Crippen molar-refractivity contribution in [2.75, 3.05) is 53.4 Å². The summed E-state index contributed by atoms with van der Waals surface area (Å²) in [5.41, 5.74) is -0.732. The Hall–Kier alpha value is -3.22. The fraction of sp³-hybridized carbons (Fsp3) is 0.762. The molecule has 0 bridgehead atoms. The normalized spacial score (nSPS) is 19.4. The van der Waals surface area contributed by atoms with Crippen LogP contribution >= 0.6 is 0 Å². The van der Waals surface area contributed by atoms with Gasteiger partial charge in [0.05, 0.1) is 68.2 Å². The third-order valence-electron chi connectivity index (χ3n) is 10.6. The van der Waals surface area contributed by atoms with Crippen molar-refractivity contribution in [2.45, 2.75) is 121 Å². The van der Waals surface area contributed by atoms with E-state index in [1.54, 1.807) is 12.1 Å². The molecule has 0 aromatic heterocycles. The number of hydrogen-bond acceptors (Lipinski definition) is 12. The van der Waals surface area contributed by atoms with E-state index in [0.29, 0.717) is 44.5 Å². The zero-order chi connectivity index (χ0) is 41.4. The summed E-state index contributed by atoms with van der Waals surface area (Å²) in [6.07, 6.45) is 6.63. The van der Waals surface area contributed by atoms with Crippen LogP contribution in [0.25, 0.3) is 0 Å². The van der Waals surface area contributed by atoms with Gasteiger partial charge in [-0.15, -0.1) is 0 Å². The Morgan fingerprint density at radius 3 is 1.85 bits per heavy atom. The molecule has 0 amide bonds. The molecule has 2 aliphatic heterocycles. The van der Waals surface area contributed by atoms with E-state index in [1.165, 1.54) is 19.2 Å². The Morgan fingerprint density at radius 1 is 0.852 bits per heavy atom. The van der Waals surface area contributed by atoms with E-state index < -0.39 is 5.41 Å². The number of hydrogen-bond donors (Lipinski definition) is 2. The Labute approximate surface area is 324 Å². The lowest BCUT2D eigenvalue weighted by Gasteiger charge is -2.40. The minimum Gasteiger partial charge on any atom is -0.508 e. The number of ether oxygens (including phenoxy) is 6. The molecule has 0 radical (unpaired) electrons. The average Bonchev–Trinajstić information content (AvgIpc) is 3.61. The van der Waals surface area contributed by atoms with Crippen LogP contribution in [0, 0.1) is 34.0 Å². The highest BCUT2D eigenvalue weighted by Crippen LogP contribution is 2.40. The predicted molar refractivity (Wildman–Crippen MR) is 208 cm³/mol. The molecule has 54 heavy (non-hydrogen) atoms. The molecule has 4 atom stereocenters. The van der Waals surface area contributed by atoms with Gasteiger partial charge in [-0.3, -0.25) is 19.2 Å². The number of esters is 4. The number of methoxy groups -OCH3 is 1. The maximum absolute atomic E-state index is 11.7. The van der Waals surface area contributed by atoms with Crippen molar-refractivity contribution < 1.29 is 57.8 Å². The first-order valence-electron chi connectivity index (χ1n) is 19.7. The number of unbranched alkanes of at least 4 members (excludes halogenated alkanes) is 1. The molecule has 2 aliphatic rings. The van der Waals surface area contributed by atoms with Gasteiger partial charge in [0.25, 0.3) is 0 Å². The van der Waals surface area contributed by atoms with Crippen LogP contribution in [0.3, 0.4) is 0 Å². The van der Waals surface area contributed by atoms with Gasteiger partial charge in [0.1, 0.15) is 18.1 Å². The van der Waals surface area contributed by atoms with E-state index in [1.807, 2.05) is 55.4 Å². The lowest BCUT2D eigenvalue weighted by atomic mass is 9.74. The third kappa shape index (κ3) is 17.1. The smallest absolute Gasteiger partial charge is 0.316 e. The molecule has 1 aromatic rings. The van der Waals surface area contributed by atoms with E-state index in [4.69, 9.17) is 38.6 Å². The first-order chi connectivity index (χ1) is 25.5. The van der Waals surface area contributed by atoms with Crippen molar-refractivity contribution in [3.63, 3.8) is 0 Å². The first-order valence-corrected chi connectivity index (χ1v) is 19.7. The van der Waals surface area contributed by atoms with Gasteiger partial charge < -0.3 is 38.6 Å². The van der Waals surface area contributed by atoms with E-state index in [2.05, 4.69) is 13.8 Å². The average molecular weight is 769 g/mol. The lowest BCUT2D eigenvalue weighted by Crippen LogP contribution is -2.46. The number of rotatable bonds is 17. The van der Waals surface area contributed by atoms with Crippen LogP contribution in [-0.4, -0.2) is 87.4 Å². The molecule has 0 saturated carbocycles. The second-order valence-corrected chi connectivity index (χ2v) is 14.9. The van der Waals surface area contributed by atoms with Gasteiger partial charge >= 0.3 is 23.9 Å². The van der Waals surface area contributed by atoms with Crippen LogP contribution in [0.4, 0.5) is 0 Å². The van der Waals surface area contributed by atoms with Crippen LogP contribution < -0.4 is 4.74 Å². The first kappa shape index (κ1) is 50.8. The van der Waals surface area contributed by atoms with Gasteiger partial charge in [-0.25, -0.2) is 0 Å². The highest BCUT2D eigenvalue weighted by atomic mass is 16.6. The maximum atomic E-state index is 11.7. The van der Waals surface area contributed by atoms with Crippen LogP contribution in [-0.2, 0) is 42.9 Å². The highest BCUT2D eigenvalue weighted by Gasteiger charge is 2.48. The zero-order valence-corrected chi connectivity index (χ0v) is 35.1. The standard InChI is InChI=1S/C12H16O3.C11H20O3.C10H18O3.C9H18O3/c1-4-12(2,3)11(14)15-10-7-5-9(13)6-8-10;1-4-9(3)10(12)14-8-11(5-2)6-13-7-11;1-4-8-6-13-7-10(8,5-2)9(11)12-3;1-3-8(2)9(11)12-7-5-4-6-10/h5-8,13H,4H2,1-3H3;9H,4-8H2,1-3H3;8H,4-7H2,1-3H3;8,10H,3-7H2,1-2H3. The summed E-state index contributed by atoms with van der Waals surface area (Å²) >= 11 is 0. The Bertz CT molecular complexity index is 1200. The van der Waals surface area contributed by atoms with E-state index in [0.717, 1.165) is 58.2 Å². The van der Waals surface area contributed by atoms with Crippen molar-refractivity contribution in [1.82, 2.24) is 0 Å². The molecule has 1 aromatic carbocycles. The van der Waals surface area contributed by atoms with Crippen molar-refractivity contribution in [3.05, 3.63) is 24.3 Å². The van der Waals surface area contributed by atoms with E-state index in [-0.39, 0.29) is 58.9 Å². The van der Waals surface area contributed by atoms with E-state index in [9.17, 15) is 19.2 Å². The van der Waals surface area contributed by atoms with Crippen LogP contribution in [0.15, 0.2) is 24.3 Å². The van der Waals surface area contributed by atoms with E-state index >= 15 is 0 Å². The predicted octanol–water partition coefficient (Wildman–Crippen LogP) is 7.70. The fourth-order valence-corrected chi connectivity index (χ4v) is 5.05. The van der Waals surface area contributed by atoms with Gasteiger partial charge in [0.2, 0.25) is 0 Å². The number of carbonyl (C=O) groups is 4. The summed E-state index contributed by atoms with van der Waals surface area (Å²) in [5, 5.41) is 17.5. The minimum atomic E-state index is -0.474. The molecule has 0 spiro atoms. The van der Waals surface area contributed by atoms with Crippen molar-refractivity contribution in [3.8, 4) is 11.5 Å². The summed E-state index contributed by atoms with van der Waals surface area (Å²) in [6, 6.07) is 6.11. The van der Waals surface area contributed by atoms with Crippen LogP contribution in [0.1, 0.15) is 121 Å². The molecule has 2 heterocycles.